The third kappa shape index (κ3) is 7.04. The molecule has 5 aromatic rings. The van der Waals surface area contributed by atoms with E-state index in [0.29, 0.717) is 35.1 Å². The third-order valence-electron chi connectivity index (χ3n) is 8.14. The van der Waals surface area contributed by atoms with Crippen LogP contribution in [0.25, 0.3) is 0 Å². The molecule has 5 rings (SSSR count). The van der Waals surface area contributed by atoms with Gasteiger partial charge in [0.25, 0.3) is 0 Å². The highest BCUT2D eigenvalue weighted by molar-refractivity contribution is 5.80. The van der Waals surface area contributed by atoms with E-state index in [-0.39, 0.29) is 12.4 Å². The van der Waals surface area contributed by atoms with Gasteiger partial charge in [0, 0.05) is 16.7 Å². The molecule has 5 aromatic carbocycles. The predicted molar refractivity (Wildman–Crippen MR) is 177 cm³/mol. The van der Waals surface area contributed by atoms with Gasteiger partial charge >= 0.3 is 0 Å². The van der Waals surface area contributed by atoms with Crippen molar-refractivity contribution >= 4 is 6.21 Å². The average Bonchev–Trinajstić information content (AvgIpc) is 3.08. The number of hydrogen-bond acceptors (Lipinski definition) is 5. The maximum atomic E-state index is 13.8. The van der Waals surface area contributed by atoms with E-state index in [2.05, 4.69) is 10.1 Å². The minimum absolute atomic E-state index is 0.295. The summed E-state index contributed by atoms with van der Waals surface area (Å²) in [4.78, 5) is 8.59. The minimum Gasteiger partial charge on any atom is -0.392 e. The van der Waals surface area contributed by atoms with E-state index in [9.17, 15) is 14.6 Å². The summed E-state index contributed by atoms with van der Waals surface area (Å²) in [5.74, 6) is -0.374. The van der Waals surface area contributed by atoms with Crippen molar-refractivity contribution in [2.24, 2.45) is 5.16 Å². The molecule has 1 atom stereocenters. The Morgan fingerprint density at radius 1 is 0.733 bits per heavy atom. The molecule has 0 aliphatic carbocycles. The molecule has 0 saturated carbocycles. The van der Waals surface area contributed by atoms with Crippen molar-refractivity contribution in [2.45, 2.75) is 30.7 Å². The first-order valence-corrected chi connectivity index (χ1v) is 15.1. The zero-order valence-electron chi connectivity index (χ0n) is 25.7. The van der Waals surface area contributed by atoms with Crippen LogP contribution >= 0.6 is 0 Å². The molecule has 0 aliphatic heterocycles. The SMILES string of the molecule is CN(C)CCCC(O)(c1ccc(F)cc1)c1ccc(C=NOC(c2ccccc2)(c2ccccc2)c2ccccc2)cc1CO. The molecule has 0 bridgehead atoms. The first-order valence-electron chi connectivity index (χ1n) is 15.1. The molecule has 0 amide bonds. The van der Waals surface area contributed by atoms with Gasteiger partial charge in [-0.25, -0.2) is 4.39 Å². The second-order valence-corrected chi connectivity index (χ2v) is 11.5. The van der Waals surface area contributed by atoms with Crippen molar-refractivity contribution in [2.75, 3.05) is 20.6 Å². The second kappa shape index (κ2) is 14.4. The smallest absolute Gasteiger partial charge is 0.212 e. The lowest BCUT2D eigenvalue weighted by Gasteiger charge is -2.33. The Kier molecular flexibility index (Phi) is 10.2. The van der Waals surface area contributed by atoms with Gasteiger partial charge in [-0.1, -0.05) is 120 Å². The summed E-state index contributed by atoms with van der Waals surface area (Å²) < 4.78 is 13.8. The van der Waals surface area contributed by atoms with Crippen molar-refractivity contribution in [1.29, 1.82) is 0 Å². The van der Waals surface area contributed by atoms with Crippen LogP contribution in [0.15, 0.2) is 139 Å². The summed E-state index contributed by atoms with van der Waals surface area (Å²) >= 11 is 0. The van der Waals surface area contributed by atoms with E-state index in [0.717, 1.165) is 23.2 Å². The molecule has 6 heteroatoms. The van der Waals surface area contributed by atoms with Crippen LogP contribution in [0, 0.1) is 5.82 Å². The third-order valence-corrected chi connectivity index (χ3v) is 8.14. The summed E-state index contributed by atoms with van der Waals surface area (Å²) in [6, 6.07) is 41.3. The Hall–Kier alpha value is -4.62. The number of hydrogen-bond donors (Lipinski definition) is 2. The highest BCUT2D eigenvalue weighted by atomic mass is 19.1. The highest BCUT2D eigenvalue weighted by Gasteiger charge is 2.39. The van der Waals surface area contributed by atoms with Crippen molar-refractivity contribution in [3.8, 4) is 0 Å². The standard InChI is InChI=1S/C39H39FN2O3/c1-42(2)26-12-25-38(44,32-20-22-36(40)23-21-32)37-24-19-30(27-31(37)29-43)28-41-45-39(33-13-6-3-7-14-33,34-15-8-4-9-16-34)35-17-10-5-11-18-35/h3-11,13-24,27-28,43-44H,12,25-26,29H2,1-2H3. The number of aliphatic hydroxyl groups excluding tert-OH is 1. The van der Waals surface area contributed by atoms with Crippen molar-refractivity contribution < 1.29 is 19.4 Å². The Balaban J connectivity index is 1.53. The first kappa shape index (κ1) is 31.8. The molecule has 5 nitrogen and oxygen atoms in total. The molecule has 230 valence electrons. The molecular weight excluding hydrogens is 563 g/mol. The second-order valence-electron chi connectivity index (χ2n) is 11.5. The lowest BCUT2D eigenvalue weighted by molar-refractivity contribution is 0.0183. The van der Waals surface area contributed by atoms with Crippen LogP contribution in [0.2, 0.25) is 0 Å². The fraction of sp³-hybridized carbons (Fsp3) is 0.205. The van der Waals surface area contributed by atoms with Gasteiger partial charge in [-0.2, -0.15) is 0 Å². The molecule has 0 spiro atoms. The van der Waals surface area contributed by atoms with Gasteiger partial charge in [-0.15, -0.1) is 0 Å². The maximum Gasteiger partial charge on any atom is 0.212 e. The van der Waals surface area contributed by atoms with Crippen LogP contribution in [0.1, 0.15) is 51.8 Å². The number of aliphatic hydroxyl groups is 2. The van der Waals surface area contributed by atoms with E-state index < -0.39 is 11.2 Å². The normalized spacial score (nSPS) is 13.2. The van der Waals surface area contributed by atoms with Crippen molar-refractivity contribution in [3.05, 3.63) is 178 Å². The first-order chi connectivity index (χ1) is 21.9. The Morgan fingerprint density at radius 3 is 1.76 bits per heavy atom. The average molecular weight is 603 g/mol. The number of rotatable bonds is 13. The van der Waals surface area contributed by atoms with Crippen LogP contribution in [-0.2, 0) is 22.6 Å². The Labute approximate surface area is 264 Å². The van der Waals surface area contributed by atoms with Crippen LogP contribution in [0.3, 0.4) is 0 Å². The Bertz CT molecular complexity index is 1580. The molecule has 0 aliphatic rings. The van der Waals surface area contributed by atoms with E-state index in [1.165, 1.54) is 12.1 Å². The Morgan fingerprint density at radius 2 is 1.27 bits per heavy atom. The summed E-state index contributed by atoms with van der Waals surface area (Å²) in [7, 11) is 3.96. The molecule has 1 unspecified atom stereocenters. The molecule has 0 saturated heterocycles. The number of nitrogens with zero attached hydrogens (tertiary/aromatic N) is 2. The van der Waals surface area contributed by atoms with Gasteiger partial charge < -0.3 is 20.0 Å². The van der Waals surface area contributed by atoms with Gasteiger partial charge in [-0.05, 0) is 73.9 Å². The van der Waals surface area contributed by atoms with E-state index in [4.69, 9.17) is 4.84 Å². The van der Waals surface area contributed by atoms with Crippen molar-refractivity contribution in [1.82, 2.24) is 4.90 Å². The number of oxime groups is 1. The van der Waals surface area contributed by atoms with Gasteiger partial charge in [0.15, 0.2) is 0 Å². The fourth-order valence-corrected chi connectivity index (χ4v) is 5.88. The summed E-state index contributed by atoms with van der Waals surface area (Å²) in [5.41, 5.74) is 2.72. The molecule has 2 N–H and O–H groups in total. The van der Waals surface area contributed by atoms with Gasteiger partial charge in [-0.3, -0.25) is 0 Å². The molecule has 0 aromatic heterocycles. The topological polar surface area (TPSA) is 65.3 Å². The monoisotopic (exact) mass is 602 g/mol. The van der Waals surface area contributed by atoms with Gasteiger partial charge in [0.2, 0.25) is 5.60 Å². The largest absolute Gasteiger partial charge is 0.392 e. The van der Waals surface area contributed by atoms with Crippen LogP contribution in [-0.4, -0.2) is 42.0 Å². The van der Waals surface area contributed by atoms with E-state index in [1.54, 1.807) is 24.4 Å². The van der Waals surface area contributed by atoms with Gasteiger partial charge in [0.1, 0.15) is 11.4 Å². The van der Waals surface area contributed by atoms with Crippen molar-refractivity contribution in [3.63, 3.8) is 0 Å². The lowest BCUT2D eigenvalue weighted by atomic mass is 9.80. The highest BCUT2D eigenvalue weighted by Crippen LogP contribution is 2.41. The zero-order chi connectivity index (χ0) is 31.7. The summed E-state index contributed by atoms with van der Waals surface area (Å²) in [5, 5.41) is 27.1. The van der Waals surface area contributed by atoms with E-state index in [1.807, 2.05) is 117 Å². The van der Waals surface area contributed by atoms with Crippen LogP contribution in [0.5, 0.6) is 0 Å². The fourth-order valence-electron chi connectivity index (χ4n) is 5.88. The van der Waals surface area contributed by atoms with Gasteiger partial charge in [0.05, 0.1) is 12.8 Å². The summed E-state index contributed by atoms with van der Waals surface area (Å²) in [6.45, 7) is 0.475. The minimum atomic E-state index is -1.42. The molecule has 0 radical (unpaired) electrons. The number of halogens is 1. The molecule has 45 heavy (non-hydrogen) atoms. The quantitative estimate of drug-likeness (QED) is 0.0848. The number of benzene rings is 5. The molecule has 0 fully saturated rings. The lowest BCUT2D eigenvalue weighted by Crippen LogP contribution is -2.31. The summed E-state index contributed by atoms with van der Waals surface area (Å²) in [6.07, 6.45) is 2.72. The predicted octanol–water partition coefficient (Wildman–Crippen LogP) is 7.24. The van der Waals surface area contributed by atoms with Crippen LogP contribution in [0.4, 0.5) is 4.39 Å². The molecular formula is C39H39FN2O3. The van der Waals surface area contributed by atoms with E-state index >= 15 is 0 Å². The molecule has 0 heterocycles. The maximum absolute atomic E-state index is 13.8. The van der Waals surface area contributed by atoms with Crippen LogP contribution < -0.4 is 0 Å². The zero-order valence-corrected chi connectivity index (χ0v) is 25.7.